The van der Waals surface area contributed by atoms with Crippen molar-refractivity contribution in [2.24, 2.45) is 5.41 Å². The van der Waals surface area contributed by atoms with E-state index in [0.717, 1.165) is 38.8 Å². The van der Waals surface area contributed by atoms with Crippen LogP contribution in [0.5, 0.6) is 0 Å². The van der Waals surface area contributed by atoms with Gasteiger partial charge in [0.15, 0.2) is 0 Å². The van der Waals surface area contributed by atoms with Gasteiger partial charge in [-0.05, 0) is 44.2 Å². The van der Waals surface area contributed by atoms with Crippen molar-refractivity contribution in [3.63, 3.8) is 0 Å². The molecule has 1 unspecified atom stereocenters. The van der Waals surface area contributed by atoms with Crippen LogP contribution in [-0.4, -0.2) is 19.0 Å². The van der Waals surface area contributed by atoms with Gasteiger partial charge in [0, 0.05) is 11.4 Å². The molecule has 1 amide bonds. The lowest BCUT2D eigenvalue weighted by molar-refractivity contribution is -0.133. The van der Waals surface area contributed by atoms with Gasteiger partial charge in [0.1, 0.15) is 0 Å². The fourth-order valence-corrected chi connectivity index (χ4v) is 3.66. The lowest BCUT2D eigenvalue weighted by atomic mass is 9.76. The summed E-state index contributed by atoms with van der Waals surface area (Å²) in [5, 5.41) is 8.66. The van der Waals surface area contributed by atoms with Gasteiger partial charge in [0.25, 0.3) is 0 Å². The van der Waals surface area contributed by atoms with Crippen molar-refractivity contribution in [3.05, 3.63) is 22.4 Å². The zero-order valence-electron chi connectivity index (χ0n) is 11.9. The van der Waals surface area contributed by atoms with Crippen LogP contribution in [0.2, 0.25) is 0 Å². The summed E-state index contributed by atoms with van der Waals surface area (Å²) in [4.78, 5) is 13.9. The second-order valence-corrected chi connectivity index (χ2v) is 6.50. The molecule has 19 heavy (non-hydrogen) atoms. The first-order valence-electron chi connectivity index (χ1n) is 7.23. The van der Waals surface area contributed by atoms with E-state index >= 15 is 0 Å². The molecule has 1 aliphatic rings. The monoisotopic (exact) mass is 280 g/mol. The van der Waals surface area contributed by atoms with E-state index in [-0.39, 0.29) is 17.4 Å². The number of rotatable bonds is 5. The first-order valence-corrected chi connectivity index (χ1v) is 8.11. The van der Waals surface area contributed by atoms with Crippen LogP contribution in [0.3, 0.4) is 0 Å². The highest BCUT2D eigenvalue weighted by Gasteiger charge is 2.39. The Morgan fingerprint density at radius 3 is 3.05 bits per heavy atom. The van der Waals surface area contributed by atoms with E-state index in [2.05, 4.69) is 35.9 Å². The SMILES string of the molecule is CCCC1(C(=O)N[C@H](C)c2cccs2)CCCNC1. The number of hydrogen-bond donors (Lipinski definition) is 2. The number of amides is 1. The first kappa shape index (κ1) is 14.5. The summed E-state index contributed by atoms with van der Waals surface area (Å²) >= 11 is 1.70. The van der Waals surface area contributed by atoms with Gasteiger partial charge in [-0.2, -0.15) is 0 Å². The van der Waals surface area contributed by atoms with Crippen molar-refractivity contribution in [2.45, 2.75) is 45.6 Å². The number of piperidine rings is 1. The fourth-order valence-electron chi connectivity index (χ4n) is 2.93. The molecule has 0 aromatic carbocycles. The van der Waals surface area contributed by atoms with Crippen LogP contribution in [0.15, 0.2) is 17.5 Å². The van der Waals surface area contributed by atoms with Crippen LogP contribution < -0.4 is 10.6 Å². The van der Waals surface area contributed by atoms with Crippen molar-refractivity contribution >= 4 is 17.2 Å². The lowest BCUT2D eigenvalue weighted by Gasteiger charge is -2.37. The van der Waals surface area contributed by atoms with Crippen LogP contribution in [-0.2, 0) is 4.79 Å². The Kier molecular flexibility index (Phi) is 4.99. The van der Waals surface area contributed by atoms with Gasteiger partial charge in [0.2, 0.25) is 5.91 Å². The molecule has 0 saturated carbocycles. The highest BCUT2D eigenvalue weighted by Crippen LogP contribution is 2.33. The van der Waals surface area contributed by atoms with Gasteiger partial charge in [-0.3, -0.25) is 4.79 Å². The molecule has 2 rings (SSSR count). The number of thiophene rings is 1. The van der Waals surface area contributed by atoms with Crippen LogP contribution in [0.25, 0.3) is 0 Å². The highest BCUT2D eigenvalue weighted by atomic mass is 32.1. The van der Waals surface area contributed by atoms with Crippen LogP contribution in [0.1, 0.15) is 50.4 Å². The Labute approximate surface area is 119 Å². The Morgan fingerprint density at radius 1 is 1.63 bits per heavy atom. The molecular weight excluding hydrogens is 256 g/mol. The predicted octanol–water partition coefficient (Wildman–Crippen LogP) is 3.10. The zero-order chi connectivity index (χ0) is 13.7. The molecule has 106 valence electrons. The summed E-state index contributed by atoms with van der Waals surface area (Å²) in [7, 11) is 0. The summed E-state index contributed by atoms with van der Waals surface area (Å²) in [6.07, 6.45) is 4.14. The molecule has 1 saturated heterocycles. The van der Waals surface area contributed by atoms with Crippen molar-refractivity contribution < 1.29 is 4.79 Å². The Bertz CT molecular complexity index is 391. The van der Waals surface area contributed by atoms with Crippen LogP contribution in [0.4, 0.5) is 0 Å². The number of carbonyl (C=O) groups is 1. The summed E-state index contributed by atoms with van der Waals surface area (Å²) in [6.45, 7) is 6.09. The number of nitrogens with one attached hydrogen (secondary N) is 2. The Morgan fingerprint density at radius 2 is 2.47 bits per heavy atom. The third-order valence-corrected chi connectivity index (χ3v) is 5.06. The molecule has 3 nitrogen and oxygen atoms in total. The van der Waals surface area contributed by atoms with Crippen molar-refractivity contribution in [1.82, 2.24) is 10.6 Å². The van der Waals surface area contributed by atoms with Gasteiger partial charge in [-0.1, -0.05) is 19.4 Å². The molecule has 4 heteroatoms. The third-order valence-electron chi connectivity index (χ3n) is 4.00. The molecule has 2 heterocycles. The molecular formula is C15H24N2OS. The minimum absolute atomic E-state index is 0.114. The molecule has 1 aliphatic heterocycles. The largest absolute Gasteiger partial charge is 0.348 e. The van der Waals surface area contributed by atoms with E-state index in [1.54, 1.807) is 11.3 Å². The molecule has 0 radical (unpaired) electrons. The molecule has 0 spiro atoms. The number of hydrogen-bond acceptors (Lipinski definition) is 3. The molecule has 0 aliphatic carbocycles. The first-order chi connectivity index (χ1) is 9.18. The second-order valence-electron chi connectivity index (χ2n) is 5.52. The maximum absolute atomic E-state index is 12.7. The maximum atomic E-state index is 12.7. The van der Waals surface area contributed by atoms with Gasteiger partial charge < -0.3 is 10.6 Å². The average molecular weight is 280 g/mol. The van der Waals surface area contributed by atoms with E-state index in [0.29, 0.717) is 0 Å². The minimum Gasteiger partial charge on any atom is -0.348 e. The minimum atomic E-state index is -0.196. The van der Waals surface area contributed by atoms with Gasteiger partial charge >= 0.3 is 0 Å². The normalized spacial score (nSPS) is 24.9. The van der Waals surface area contributed by atoms with Crippen molar-refractivity contribution in [3.8, 4) is 0 Å². The molecule has 1 aromatic heterocycles. The Hall–Kier alpha value is -0.870. The summed E-state index contributed by atoms with van der Waals surface area (Å²) < 4.78 is 0. The van der Waals surface area contributed by atoms with Crippen LogP contribution in [0, 0.1) is 5.41 Å². The van der Waals surface area contributed by atoms with E-state index in [1.165, 1.54) is 4.88 Å². The van der Waals surface area contributed by atoms with Gasteiger partial charge in [0.05, 0.1) is 11.5 Å². The van der Waals surface area contributed by atoms with E-state index in [1.807, 2.05) is 6.07 Å². The summed E-state index contributed by atoms with van der Waals surface area (Å²) in [5.41, 5.74) is -0.196. The van der Waals surface area contributed by atoms with Gasteiger partial charge in [-0.25, -0.2) is 0 Å². The average Bonchev–Trinajstić information content (AvgIpc) is 2.94. The molecule has 1 aromatic rings. The number of carbonyl (C=O) groups excluding carboxylic acids is 1. The topological polar surface area (TPSA) is 41.1 Å². The molecule has 2 atom stereocenters. The highest BCUT2D eigenvalue weighted by molar-refractivity contribution is 7.10. The summed E-state index contributed by atoms with van der Waals surface area (Å²) in [5.74, 6) is 0.224. The third kappa shape index (κ3) is 3.37. The van der Waals surface area contributed by atoms with E-state index in [9.17, 15) is 4.79 Å². The standard InChI is InChI=1S/C15H24N2OS/c1-3-7-15(8-5-9-16-11-15)14(18)17-12(2)13-6-4-10-19-13/h4,6,10,12,16H,3,5,7-9,11H2,1-2H3,(H,17,18)/t12-,15?/m1/s1. The lowest BCUT2D eigenvalue weighted by Crippen LogP contribution is -2.50. The quantitative estimate of drug-likeness (QED) is 0.870. The van der Waals surface area contributed by atoms with Crippen molar-refractivity contribution in [2.75, 3.05) is 13.1 Å². The summed E-state index contributed by atoms with van der Waals surface area (Å²) in [6, 6.07) is 4.23. The fraction of sp³-hybridized carbons (Fsp3) is 0.667. The van der Waals surface area contributed by atoms with E-state index in [4.69, 9.17) is 0 Å². The molecule has 2 N–H and O–H groups in total. The zero-order valence-corrected chi connectivity index (χ0v) is 12.7. The van der Waals surface area contributed by atoms with Crippen LogP contribution >= 0.6 is 11.3 Å². The Balaban J connectivity index is 2.03. The molecule has 1 fully saturated rings. The predicted molar refractivity (Wildman–Crippen MR) is 80.3 cm³/mol. The smallest absolute Gasteiger partial charge is 0.228 e. The van der Waals surface area contributed by atoms with E-state index < -0.39 is 0 Å². The second kappa shape index (κ2) is 6.53. The molecule has 0 bridgehead atoms. The van der Waals surface area contributed by atoms with Gasteiger partial charge in [-0.15, -0.1) is 11.3 Å². The maximum Gasteiger partial charge on any atom is 0.228 e. The van der Waals surface area contributed by atoms with Crippen molar-refractivity contribution in [1.29, 1.82) is 0 Å².